The molecule has 5 heteroatoms. The van der Waals surface area contributed by atoms with Gasteiger partial charge in [0.15, 0.2) is 0 Å². The van der Waals surface area contributed by atoms with Crippen molar-refractivity contribution < 1.29 is 10.0 Å². The van der Waals surface area contributed by atoms with Crippen molar-refractivity contribution in [2.75, 3.05) is 5.75 Å². The van der Waals surface area contributed by atoms with E-state index in [2.05, 4.69) is 6.92 Å². The number of hydrogen-bond acceptors (Lipinski definition) is 4. The first kappa shape index (κ1) is 14.0. The molecule has 0 amide bonds. The molecule has 0 saturated heterocycles. The Balaban J connectivity index is 2.92. The van der Waals surface area contributed by atoms with Crippen molar-refractivity contribution in [1.29, 1.82) is 0 Å². The van der Waals surface area contributed by atoms with E-state index >= 15 is 0 Å². The van der Waals surface area contributed by atoms with Gasteiger partial charge in [0.25, 0.3) is 5.69 Å². The van der Waals surface area contributed by atoms with Gasteiger partial charge in [-0.25, -0.2) is 0 Å². The molecule has 1 aromatic carbocycles. The summed E-state index contributed by atoms with van der Waals surface area (Å²) in [5.74, 6) is 0.880. The number of unbranched alkanes of at least 4 members (excludes halogenated alkanes) is 1. The van der Waals surface area contributed by atoms with E-state index in [0.717, 1.165) is 18.6 Å². The van der Waals surface area contributed by atoms with Crippen LogP contribution in [0.2, 0.25) is 0 Å². The first-order valence-electron chi connectivity index (χ1n) is 5.65. The minimum absolute atomic E-state index is 0.0875. The maximum atomic E-state index is 10.9. The average Bonchev–Trinajstić information content (AvgIpc) is 2.29. The maximum Gasteiger partial charge on any atom is 0.283 e. The van der Waals surface area contributed by atoms with Gasteiger partial charge in [0.1, 0.15) is 0 Å². The molecule has 0 aliphatic carbocycles. The summed E-state index contributed by atoms with van der Waals surface area (Å²) < 4.78 is 0. The van der Waals surface area contributed by atoms with E-state index < -0.39 is 6.10 Å². The average molecular weight is 255 g/mol. The van der Waals surface area contributed by atoms with Gasteiger partial charge in [0.2, 0.25) is 0 Å². The van der Waals surface area contributed by atoms with Crippen molar-refractivity contribution in [3.05, 3.63) is 33.9 Å². The molecule has 1 aromatic rings. The summed E-state index contributed by atoms with van der Waals surface area (Å²) >= 11 is 1.50. The van der Waals surface area contributed by atoms with Crippen molar-refractivity contribution in [2.45, 2.75) is 37.7 Å². The molecule has 1 unspecified atom stereocenters. The number of nitrogens with zero attached hydrogens (tertiary/aromatic N) is 1. The summed E-state index contributed by atoms with van der Waals surface area (Å²) in [4.78, 5) is 11.2. The fraction of sp³-hybridized carbons (Fsp3) is 0.500. The van der Waals surface area contributed by atoms with E-state index in [1.807, 2.05) is 0 Å². The lowest BCUT2D eigenvalue weighted by Gasteiger charge is -2.07. The summed E-state index contributed by atoms with van der Waals surface area (Å²) in [6.45, 7) is 3.69. The molecule has 94 valence electrons. The van der Waals surface area contributed by atoms with Crippen LogP contribution in [-0.2, 0) is 0 Å². The summed E-state index contributed by atoms with van der Waals surface area (Å²) in [5, 5.41) is 20.3. The molecule has 0 aromatic heterocycles. The van der Waals surface area contributed by atoms with Gasteiger partial charge in [-0.05, 0) is 30.7 Å². The summed E-state index contributed by atoms with van der Waals surface area (Å²) in [6, 6.07) is 4.92. The van der Waals surface area contributed by atoms with Crippen molar-refractivity contribution in [3.63, 3.8) is 0 Å². The van der Waals surface area contributed by atoms with Gasteiger partial charge >= 0.3 is 0 Å². The second-order valence-electron chi connectivity index (χ2n) is 3.86. The molecule has 4 nitrogen and oxygen atoms in total. The molecule has 0 heterocycles. The van der Waals surface area contributed by atoms with Crippen molar-refractivity contribution >= 4 is 17.4 Å². The number of thioether (sulfide) groups is 1. The molecule has 0 spiro atoms. The van der Waals surface area contributed by atoms with Gasteiger partial charge in [0, 0.05) is 6.07 Å². The Morgan fingerprint density at radius 1 is 1.53 bits per heavy atom. The predicted molar refractivity (Wildman–Crippen MR) is 69.4 cm³/mol. The minimum Gasteiger partial charge on any atom is -0.389 e. The number of hydrogen-bond donors (Lipinski definition) is 1. The second kappa shape index (κ2) is 6.61. The largest absolute Gasteiger partial charge is 0.389 e. The highest BCUT2D eigenvalue weighted by Crippen LogP contribution is 2.32. The van der Waals surface area contributed by atoms with E-state index in [1.165, 1.54) is 17.8 Å². The normalized spacial score (nSPS) is 12.4. The lowest BCUT2D eigenvalue weighted by atomic mass is 10.1. The molecule has 0 fully saturated rings. The Morgan fingerprint density at radius 2 is 2.24 bits per heavy atom. The number of nitro benzene ring substituents is 1. The molecule has 0 saturated carbocycles. The fourth-order valence-electron chi connectivity index (χ4n) is 1.39. The molecule has 1 N–H and O–H groups in total. The third-order valence-corrected chi connectivity index (χ3v) is 3.57. The van der Waals surface area contributed by atoms with Gasteiger partial charge in [-0.1, -0.05) is 19.4 Å². The Hall–Kier alpha value is -1.07. The topological polar surface area (TPSA) is 63.4 Å². The molecule has 0 aliphatic rings. The molecule has 0 bridgehead atoms. The molecular formula is C12H17NO3S. The highest BCUT2D eigenvalue weighted by molar-refractivity contribution is 7.99. The van der Waals surface area contributed by atoms with Crippen LogP contribution in [0.15, 0.2) is 23.1 Å². The number of rotatable bonds is 6. The van der Waals surface area contributed by atoms with Crippen molar-refractivity contribution in [2.24, 2.45) is 0 Å². The Morgan fingerprint density at radius 3 is 2.76 bits per heavy atom. The lowest BCUT2D eigenvalue weighted by molar-refractivity contribution is -0.387. The zero-order valence-electron chi connectivity index (χ0n) is 10.0. The second-order valence-corrected chi connectivity index (χ2v) is 5.00. The number of nitro groups is 1. The zero-order chi connectivity index (χ0) is 12.8. The quantitative estimate of drug-likeness (QED) is 0.365. The molecular weight excluding hydrogens is 238 g/mol. The van der Waals surface area contributed by atoms with E-state index in [1.54, 1.807) is 19.1 Å². The molecule has 1 rings (SSSR count). The summed E-state index contributed by atoms with van der Waals surface area (Å²) in [7, 11) is 0. The van der Waals surface area contributed by atoms with Crippen LogP contribution in [0.1, 0.15) is 38.4 Å². The van der Waals surface area contributed by atoms with Crippen LogP contribution in [-0.4, -0.2) is 15.8 Å². The standard InChI is InChI=1S/C12H17NO3S/c1-3-4-7-17-12-6-5-10(9(2)14)8-11(12)13(15)16/h5-6,8-9,14H,3-4,7H2,1-2H3. The highest BCUT2D eigenvalue weighted by Gasteiger charge is 2.16. The zero-order valence-corrected chi connectivity index (χ0v) is 10.9. The van der Waals surface area contributed by atoms with Crippen molar-refractivity contribution in [3.8, 4) is 0 Å². The first-order chi connectivity index (χ1) is 8.06. The van der Waals surface area contributed by atoms with Gasteiger partial charge < -0.3 is 5.11 Å². The van der Waals surface area contributed by atoms with Gasteiger partial charge in [-0.3, -0.25) is 10.1 Å². The fourth-order valence-corrected chi connectivity index (χ4v) is 2.48. The van der Waals surface area contributed by atoms with Gasteiger partial charge in [-0.2, -0.15) is 0 Å². The lowest BCUT2D eigenvalue weighted by Crippen LogP contribution is -1.96. The van der Waals surface area contributed by atoms with Crippen LogP contribution < -0.4 is 0 Å². The summed E-state index contributed by atoms with van der Waals surface area (Å²) in [6.07, 6.45) is 1.44. The van der Waals surface area contributed by atoms with Crippen LogP contribution in [0.3, 0.4) is 0 Å². The van der Waals surface area contributed by atoms with Crippen LogP contribution in [0.5, 0.6) is 0 Å². The number of benzene rings is 1. The molecule has 0 radical (unpaired) electrons. The van der Waals surface area contributed by atoms with Crippen LogP contribution >= 0.6 is 11.8 Å². The molecule has 17 heavy (non-hydrogen) atoms. The van der Waals surface area contributed by atoms with Gasteiger partial charge in [-0.15, -0.1) is 11.8 Å². The van der Waals surface area contributed by atoms with Crippen LogP contribution in [0.25, 0.3) is 0 Å². The molecule has 0 aliphatic heterocycles. The Labute approximate surface area is 105 Å². The predicted octanol–water partition coefficient (Wildman–Crippen LogP) is 3.54. The minimum atomic E-state index is -0.677. The van der Waals surface area contributed by atoms with Crippen molar-refractivity contribution in [1.82, 2.24) is 0 Å². The van der Waals surface area contributed by atoms with Crippen LogP contribution in [0, 0.1) is 10.1 Å². The Bertz CT molecular complexity index is 393. The third-order valence-electron chi connectivity index (χ3n) is 2.42. The van der Waals surface area contributed by atoms with E-state index in [4.69, 9.17) is 0 Å². The SMILES string of the molecule is CCCCSc1ccc(C(C)O)cc1[N+](=O)[O-]. The van der Waals surface area contributed by atoms with Crippen LogP contribution in [0.4, 0.5) is 5.69 Å². The van der Waals surface area contributed by atoms with E-state index in [9.17, 15) is 15.2 Å². The third kappa shape index (κ3) is 4.02. The maximum absolute atomic E-state index is 10.9. The smallest absolute Gasteiger partial charge is 0.283 e. The Kier molecular flexibility index (Phi) is 5.44. The molecule has 1 atom stereocenters. The number of aliphatic hydroxyl groups excluding tert-OH is 1. The summed E-state index contributed by atoms with van der Waals surface area (Å²) in [5.41, 5.74) is 0.668. The number of aliphatic hydroxyl groups is 1. The first-order valence-corrected chi connectivity index (χ1v) is 6.64. The van der Waals surface area contributed by atoms with E-state index in [0.29, 0.717) is 10.5 Å². The monoisotopic (exact) mass is 255 g/mol. The van der Waals surface area contributed by atoms with E-state index in [-0.39, 0.29) is 10.6 Å². The highest BCUT2D eigenvalue weighted by atomic mass is 32.2. The van der Waals surface area contributed by atoms with Gasteiger partial charge in [0.05, 0.1) is 15.9 Å².